The second-order valence-electron chi connectivity index (χ2n) is 6.20. The average Bonchev–Trinajstić information content (AvgIpc) is 2.65. The van der Waals surface area contributed by atoms with Gasteiger partial charge in [-0.05, 0) is 43.5 Å². The largest absolute Gasteiger partial charge is 0.339 e. The predicted molar refractivity (Wildman–Crippen MR) is 105 cm³/mol. The van der Waals surface area contributed by atoms with E-state index in [4.69, 9.17) is 0 Å². The van der Waals surface area contributed by atoms with Gasteiger partial charge in [0.25, 0.3) is 5.91 Å². The van der Waals surface area contributed by atoms with E-state index in [1.165, 1.54) is 11.8 Å². The minimum Gasteiger partial charge on any atom is -0.339 e. The number of hydrogen-bond donors (Lipinski definition) is 2. The van der Waals surface area contributed by atoms with E-state index >= 15 is 0 Å². The molecule has 5 nitrogen and oxygen atoms in total. The van der Waals surface area contributed by atoms with Gasteiger partial charge >= 0.3 is 0 Å². The number of anilines is 3. The van der Waals surface area contributed by atoms with Crippen LogP contribution in [0.4, 0.5) is 17.2 Å². The number of hydrogen-bond acceptors (Lipinski definition) is 4. The number of nitrogens with one attached hydrogen (secondary N) is 2. The molecule has 132 valence electrons. The predicted octanol–water partition coefficient (Wildman–Crippen LogP) is 4.65. The molecule has 3 aromatic rings. The molecule has 1 heterocycles. The maximum absolute atomic E-state index is 12.4. The molecular weight excluding hydrogens is 324 g/mol. The van der Waals surface area contributed by atoms with Crippen LogP contribution in [0.1, 0.15) is 34.1 Å². The van der Waals surface area contributed by atoms with Gasteiger partial charge < -0.3 is 10.6 Å². The number of para-hydroxylation sites is 1. The standard InChI is InChI=1S/C21H22N4O/c1-4-16-7-5-6-8-18(16)24-20-13-22-19(12-23-20)21(26)25-17-10-9-14(2)11-15(17)3/h5-13H,4H2,1-3H3,(H,23,24)(H,25,26). The molecule has 0 aliphatic rings. The third-order valence-electron chi connectivity index (χ3n) is 4.18. The van der Waals surface area contributed by atoms with Gasteiger partial charge in [-0.1, -0.05) is 42.8 Å². The lowest BCUT2D eigenvalue weighted by molar-refractivity contribution is 0.102. The zero-order chi connectivity index (χ0) is 18.5. The lowest BCUT2D eigenvalue weighted by Crippen LogP contribution is -2.15. The van der Waals surface area contributed by atoms with Crippen molar-refractivity contribution in [2.45, 2.75) is 27.2 Å². The van der Waals surface area contributed by atoms with Crippen LogP contribution in [0.2, 0.25) is 0 Å². The van der Waals surface area contributed by atoms with E-state index < -0.39 is 0 Å². The van der Waals surface area contributed by atoms with Crippen LogP contribution in [0, 0.1) is 13.8 Å². The Balaban J connectivity index is 1.71. The molecule has 0 unspecified atom stereocenters. The zero-order valence-corrected chi connectivity index (χ0v) is 15.2. The summed E-state index contributed by atoms with van der Waals surface area (Å²) in [6, 6.07) is 13.9. The van der Waals surface area contributed by atoms with Gasteiger partial charge in [0.15, 0.2) is 0 Å². The quantitative estimate of drug-likeness (QED) is 0.705. The Labute approximate surface area is 153 Å². The Kier molecular flexibility index (Phi) is 5.27. The van der Waals surface area contributed by atoms with Crippen molar-refractivity contribution in [1.29, 1.82) is 0 Å². The lowest BCUT2D eigenvalue weighted by Gasteiger charge is -2.11. The molecular formula is C21H22N4O. The highest BCUT2D eigenvalue weighted by Gasteiger charge is 2.10. The third-order valence-corrected chi connectivity index (χ3v) is 4.18. The topological polar surface area (TPSA) is 66.9 Å². The first-order valence-corrected chi connectivity index (χ1v) is 8.62. The molecule has 0 spiro atoms. The molecule has 2 aromatic carbocycles. The summed E-state index contributed by atoms with van der Waals surface area (Å²) in [5.41, 5.74) is 5.42. The Morgan fingerprint density at radius 3 is 2.50 bits per heavy atom. The molecule has 5 heteroatoms. The van der Waals surface area contributed by atoms with Crippen LogP contribution in [0.25, 0.3) is 0 Å². The van der Waals surface area contributed by atoms with Crippen molar-refractivity contribution in [2.24, 2.45) is 0 Å². The van der Waals surface area contributed by atoms with Crippen molar-refractivity contribution >= 4 is 23.1 Å². The highest BCUT2D eigenvalue weighted by molar-refractivity contribution is 6.03. The van der Waals surface area contributed by atoms with Gasteiger partial charge in [0.1, 0.15) is 11.5 Å². The number of aromatic nitrogens is 2. The summed E-state index contributed by atoms with van der Waals surface area (Å²) in [7, 11) is 0. The number of aryl methyl sites for hydroxylation is 3. The Morgan fingerprint density at radius 2 is 1.81 bits per heavy atom. The highest BCUT2D eigenvalue weighted by atomic mass is 16.1. The highest BCUT2D eigenvalue weighted by Crippen LogP contribution is 2.20. The first-order chi connectivity index (χ1) is 12.6. The summed E-state index contributed by atoms with van der Waals surface area (Å²) in [5.74, 6) is 0.332. The van der Waals surface area contributed by atoms with Crippen molar-refractivity contribution in [3.05, 3.63) is 77.2 Å². The summed E-state index contributed by atoms with van der Waals surface area (Å²) < 4.78 is 0. The van der Waals surface area contributed by atoms with Gasteiger partial charge in [0, 0.05) is 11.4 Å². The van der Waals surface area contributed by atoms with E-state index in [1.807, 2.05) is 50.2 Å². The molecule has 1 aromatic heterocycles. The molecule has 0 aliphatic heterocycles. The van der Waals surface area contributed by atoms with Crippen molar-refractivity contribution < 1.29 is 4.79 Å². The number of carbonyl (C=O) groups is 1. The Morgan fingerprint density at radius 1 is 1.00 bits per heavy atom. The van der Waals surface area contributed by atoms with Gasteiger partial charge in [-0.3, -0.25) is 4.79 Å². The second-order valence-corrected chi connectivity index (χ2v) is 6.20. The number of carbonyl (C=O) groups excluding carboxylic acids is 1. The van der Waals surface area contributed by atoms with E-state index in [0.29, 0.717) is 5.82 Å². The van der Waals surface area contributed by atoms with Crippen LogP contribution in [-0.4, -0.2) is 15.9 Å². The summed E-state index contributed by atoms with van der Waals surface area (Å²) >= 11 is 0. The minimum atomic E-state index is -0.273. The summed E-state index contributed by atoms with van der Waals surface area (Å²) in [5, 5.41) is 6.13. The summed E-state index contributed by atoms with van der Waals surface area (Å²) in [6.07, 6.45) is 3.98. The SMILES string of the molecule is CCc1ccccc1Nc1cnc(C(=O)Nc2ccc(C)cc2C)cn1. The van der Waals surface area contributed by atoms with Crippen molar-refractivity contribution in [3.63, 3.8) is 0 Å². The molecule has 2 N–H and O–H groups in total. The van der Waals surface area contributed by atoms with E-state index in [0.717, 1.165) is 28.9 Å². The number of rotatable bonds is 5. The van der Waals surface area contributed by atoms with Crippen LogP contribution in [0.5, 0.6) is 0 Å². The second kappa shape index (κ2) is 7.78. The van der Waals surface area contributed by atoms with Gasteiger partial charge in [0.2, 0.25) is 0 Å². The number of benzene rings is 2. The molecule has 0 fully saturated rings. The first-order valence-electron chi connectivity index (χ1n) is 8.62. The normalized spacial score (nSPS) is 10.4. The maximum Gasteiger partial charge on any atom is 0.275 e. The van der Waals surface area contributed by atoms with Crippen LogP contribution >= 0.6 is 0 Å². The van der Waals surface area contributed by atoms with Gasteiger partial charge in [-0.2, -0.15) is 0 Å². The fourth-order valence-electron chi connectivity index (χ4n) is 2.74. The number of nitrogens with zero attached hydrogens (tertiary/aromatic N) is 2. The van der Waals surface area contributed by atoms with Gasteiger partial charge in [-0.15, -0.1) is 0 Å². The van der Waals surface area contributed by atoms with Crippen molar-refractivity contribution in [2.75, 3.05) is 10.6 Å². The summed E-state index contributed by atoms with van der Waals surface area (Å²) in [6.45, 7) is 6.09. The van der Waals surface area contributed by atoms with E-state index in [9.17, 15) is 4.79 Å². The van der Waals surface area contributed by atoms with E-state index in [1.54, 1.807) is 6.20 Å². The summed E-state index contributed by atoms with van der Waals surface area (Å²) in [4.78, 5) is 20.9. The van der Waals surface area contributed by atoms with Crippen LogP contribution < -0.4 is 10.6 Å². The fraction of sp³-hybridized carbons (Fsp3) is 0.190. The van der Waals surface area contributed by atoms with E-state index in [2.05, 4.69) is 33.6 Å². The molecule has 0 saturated heterocycles. The third kappa shape index (κ3) is 4.06. The van der Waals surface area contributed by atoms with Gasteiger partial charge in [0.05, 0.1) is 12.4 Å². The first kappa shape index (κ1) is 17.6. The molecule has 0 saturated carbocycles. The molecule has 3 rings (SSSR count). The Hall–Kier alpha value is -3.21. The minimum absolute atomic E-state index is 0.273. The Bertz CT molecular complexity index is 920. The van der Waals surface area contributed by atoms with Crippen LogP contribution in [-0.2, 0) is 6.42 Å². The lowest BCUT2D eigenvalue weighted by atomic mass is 10.1. The molecule has 1 amide bonds. The average molecular weight is 346 g/mol. The smallest absolute Gasteiger partial charge is 0.275 e. The van der Waals surface area contributed by atoms with Crippen molar-refractivity contribution in [1.82, 2.24) is 9.97 Å². The van der Waals surface area contributed by atoms with Gasteiger partial charge in [-0.25, -0.2) is 9.97 Å². The maximum atomic E-state index is 12.4. The number of amides is 1. The fourth-order valence-corrected chi connectivity index (χ4v) is 2.74. The monoisotopic (exact) mass is 346 g/mol. The molecule has 0 atom stereocenters. The van der Waals surface area contributed by atoms with Crippen LogP contribution in [0.3, 0.4) is 0 Å². The van der Waals surface area contributed by atoms with E-state index in [-0.39, 0.29) is 11.6 Å². The molecule has 0 bridgehead atoms. The molecule has 0 radical (unpaired) electrons. The zero-order valence-electron chi connectivity index (χ0n) is 15.2. The van der Waals surface area contributed by atoms with Crippen LogP contribution in [0.15, 0.2) is 54.9 Å². The molecule has 26 heavy (non-hydrogen) atoms. The molecule has 0 aliphatic carbocycles. The van der Waals surface area contributed by atoms with Crippen molar-refractivity contribution in [3.8, 4) is 0 Å².